The Labute approximate surface area is 129 Å². The largest absolute Gasteiger partial charge is 0.416 e. The fourth-order valence-electron chi connectivity index (χ4n) is 2.25. The van der Waals surface area contributed by atoms with Gasteiger partial charge in [-0.15, -0.1) is 0 Å². The van der Waals surface area contributed by atoms with E-state index in [9.17, 15) is 13.2 Å². The molecule has 0 radical (unpaired) electrons. The molecule has 2 N–H and O–H groups in total. The van der Waals surface area contributed by atoms with E-state index in [-0.39, 0.29) is 5.56 Å². The number of rotatable bonds is 2. The zero-order valence-corrected chi connectivity index (χ0v) is 13.1. The summed E-state index contributed by atoms with van der Waals surface area (Å²) in [5, 5.41) is 0. The predicted molar refractivity (Wildman–Crippen MR) is 78.9 cm³/mol. The van der Waals surface area contributed by atoms with Gasteiger partial charge in [0.05, 0.1) is 11.6 Å². The van der Waals surface area contributed by atoms with Crippen molar-refractivity contribution in [3.05, 3.63) is 62.9 Å². The molecule has 0 fully saturated rings. The minimum Gasteiger partial charge on any atom is -0.320 e. The van der Waals surface area contributed by atoms with Crippen LogP contribution in [0.1, 0.15) is 33.9 Å². The first-order valence-corrected chi connectivity index (χ1v) is 7.04. The third-order valence-corrected chi connectivity index (χ3v) is 4.56. The standard InChI is InChI=1S/C15H14BrF3N2/c1-8-5-10(6-9(2)13(8)16)14(20)11-7-21-4-3-12(11)15(17,18)19/h3-7,14H,20H2,1-2H3. The van der Waals surface area contributed by atoms with Crippen LogP contribution in [0.2, 0.25) is 0 Å². The molecule has 0 spiro atoms. The molecule has 112 valence electrons. The monoisotopic (exact) mass is 358 g/mol. The molecule has 2 rings (SSSR count). The summed E-state index contributed by atoms with van der Waals surface area (Å²) < 4.78 is 40.1. The van der Waals surface area contributed by atoms with Crippen molar-refractivity contribution in [1.29, 1.82) is 0 Å². The molecule has 1 aromatic heterocycles. The maximum Gasteiger partial charge on any atom is 0.416 e. The van der Waals surface area contributed by atoms with Crippen molar-refractivity contribution < 1.29 is 13.2 Å². The molecule has 2 aromatic rings. The lowest BCUT2D eigenvalue weighted by Gasteiger charge is -2.19. The summed E-state index contributed by atoms with van der Waals surface area (Å²) in [5.74, 6) is 0. The molecule has 1 aromatic carbocycles. The maximum absolute atomic E-state index is 13.1. The van der Waals surface area contributed by atoms with Gasteiger partial charge < -0.3 is 5.73 Å². The van der Waals surface area contributed by atoms with Crippen LogP contribution >= 0.6 is 15.9 Å². The van der Waals surface area contributed by atoms with Crippen molar-refractivity contribution in [2.45, 2.75) is 26.1 Å². The third-order valence-electron chi connectivity index (χ3n) is 3.31. The zero-order chi connectivity index (χ0) is 15.8. The summed E-state index contributed by atoms with van der Waals surface area (Å²) in [4.78, 5) is 3.78. The molecule has 0 amide bonds. The molecular formula is C15H14BrF3N2. The lowest BCUT2D eigenvalue weighted by atomic mass is 9.94. The molecule has 0 bridgehead atoms. The van der Waals surface area contributed by atoms with Gasteiger partial charge in [-0.05, 0) is 36.6 Å². The minimum atomic E-state index is -4.45. The van der Waals surface area contributed by atoms with E-state index in [1.54, 1.807) is 12.1 Å². The van der Waals surface area contributed by atoms with E-state index in [0.717, 1.165) is 27.9 Å². The molecule has 1 unspecified atom stereocenters. The second-order valence-corrected chi connectivity index (χ2v) is 5.70. The summed E-state index contributed by atoms with van der Waals surface area (Å²) in [6.07, 6.45) is -2.15. The van der Waals surface area contributed by atoms with Crippen LogP contribution in [0.5, 0.6) is 0 Å². The molecule has 0 aliphatic carbocycles. The highest BCUT2D eigenvalue weighted by molar-refractivity contribution is 9.10. The van der Waals surface area contributed by atoms with E-state index in [2.05, 4.69) is 20.9 Å². The number of aromatic nitrogens is 1. The number of pyridine rings is 1. The normalized spacial score (nSPS) is 13.3. The Morgan fingerprint density at radius 2 is 1.76 bits per heavy atom. The van der Waals surface area contributed by atoms with Gasteiger partial charge in [-0.1, -0.05) is 28.1 Å². The molecule has 1 atom stereocenters. The average Bonchev–Trinajstić information content (AvgIpc) is 2.42. The number of benzene rings is 1. The van der Waals surface area contributed by atoms with Crippen LogP contribution in [0.4, 0.5) is 13.2 Å². The number of alkyl halides is 3. The molecule has 2 nitrogen and oxygen atoms in total. The Hall–Kier alpha value is -1.40. The lowest BCUT2D eigenvalue weighted by Crippen LogP contribution is -2.19. The van der Waals surface area contributed by atoms with E-state index in [0.29, 0.717) is 5.56 Å². The van der Waals surface area contributed by atoms with Crippen molar-refractivity contribution in [1.82, 2.24) is 4.98 Å². The van der Waals surface area contributed by atoms with Crippen LogP contribution in [0, 0.1) is 13.8 Å². The van der Waals surface area contributed by atoms with Crippen molar-refractivity contribution in [2.75, 3.05) is 0 Å². The van der Waals surface area contributed by atoms with E-state index in [1.807, 2.05) is 13.8 Å². The number of hydrogen-bond acceptors (Lipinski definition) is 2. The van der Waals surface area contributed by atoms with E-state index >= 15 is 0 Å². The topological polar surface area (TPSA) is 38.9 Å². The highest BCUT2D eigenvalue weighted by Gasteiger charge is 2.35. The summed E-state index contributed by atoms with van der Waals surface area (Å²) >= 11 is 3.43. The van der Waals surface area contributed by atoms with Crippen molar-refractivity contribution in [3.63, 3.8) is 0 Å². The van der Waals surface area contributed by atoms with Gasteiger partial charge in [-0.3, -0.25) is 4.98 Å². The number of halogens is 4. The summed E-state index contributed by atoms with van der Waals surface area (Å²) in [7, 11) is 0. The number of hydrogen-bond donors (Lipinski definition) is 1. The maximum atomic E-state index is 13.1. The Kier molecular flexibility index (Phi) is 4.39. The van der Waals surface area contributed by atoms with Crippen LogP contribution in [-0.4, -0.2) is 4.98 Å². The fourth-order valence-corrected chi connectivity index (χ4v) is 2.48. The lowest BCUT2D eigenvalue weighted by molar-refractivity contribution is -0.138. The Balaban J connectivity index is 2.53. The van der Waals surface area contributed by atoms with Crippen molar-refractivity contribution in [3.8, 4) is 0 Å². The minimum absolute atomic E-state index is 0.0221. The predicted octanol–water partition coefficient (Wildman–Crippen LogP) is 4.53. The highest BCUT2D eigenvalue weighted by atomic mass is 79.9. The van der Waals surface area contributed by atoms with Crippen molar-refractivity contribution >= 4 is 15.9 Å². The first-order valence-electron chi connectivity index (χ1n) is 6.25. The molecule has 0 saturated carbocycles. The quantitative estimate of drug-likeness (QED) is 0.856. The van der Waals surface area contributed by atoms with Crippen molar-refractivity contribution in [2.24, 2.45) is 5.73 Å². The average molecular weight is 359 g/mol. The second-order valence-electron chi connectivity index (χ2n) is 4.91. The van der Waals surface area contributed by atoms with E-state index in [4.69, 9.17) is 5.73 Å². The Bertz CT molecular complexity index is 645. The first-order chi connectivity index (χ1) is 9.71. The summed E-state index contributed by atoms with van der Waals surface area (Å²) in [6, 6.07) is 3.65. The second kappa shape index (κ2) is 5.77. The van der Waals surface area contributed by atoms with Gasteiger partial charge in [-0.2, -0.15) is 13.2 Å². The van der Waals surface area contributed by atoms with Crippen LogP contribution in [0.15, 0.2) is 35.1 Å². The molecular weight excluding hydrogens is 345 g/mol. The van der Waals surface area contributed by atoms with E-state index < -0.39 is 17.8 Å². The van der Waals surface area contributed by atoms with Crippen LogP contribution in [0.3, 0.4) is 0 Å². The van der Waals surface area contributed by atoms with Gasteiger partial charge in [-0.25, -0.2) is 0 Å². The number of nitrogens with zero attached hydrogens (tertiary/aromatic N) is 1. The van der Waals surface area contributed by atoms with Gasteiger partial charge in [0.15, 0.2) is 0 Å². The zero-order valence-electron chi connectivity index (χ0n) is 11.5. The summed E-state index contributed by atoms with van der Waals surface area (Å²) in [6.45, 7) is 3.75. The third kappa shape index (κ3) is 3.27. The van der Waals surface area contributed by atoms with Crippen LogP contribution in [0.25, 0.3) is 0 Å². The van der Waals surface area contributed by atoms with Gasteiger partial charge in [0.25, 0.3) is 0 Å². The molecule has 0 aliphatic rings. The molecule has 0 saturated heterocycles. The smallest absolute Gasteiger partial charge is 0.320 e. The molecule has 1 heterocycles. The van der Waals surface area contributed by atoms with Gasteiger partial charge in [0, 0.05) is 22.4 Å². The highest BCUT2D eigenvalue weighted by Crippen LogP contribution is 2.36. The van der Waals surface area contributed by atoms with Crippen LogP contribution < -0.4 is 5.73 Å². The number of nitrogens with two attached hydrogens (primary N) is 1. The van der Waals surface area contributed by atoms with Gasteiger partial charge >= 0.3 is 6.18 Å². The molecule has 21 heavy (non-hydrogen) atoms. The summed E-state index contributed by atoms with van der Waals surface area (Å²) in [5.41, 5.74) is 7.77. The molecule has 6 heteroatoms. The molecule has 0 aliphatic heterocycles. The van der Waals surface area contributed by atoms with Gasteiger partial charge in [0.1, 0.15) is 0 Å². The van der Waals surface area contributed by atoms with Gasteiger partial charge in [0.2, 0.25) is 0 Å². The fraction of sp³-hybridized carbons (Fsp3) is 0.267. The van der Waals surface area contributed by atoms with E-state index in [1.165, 1.54) is 6.20 Å². The van der Waals surface area contributed by atoms with Crippen LogP contribution in [-0.2, 0) is 6.18 Å². The first kappa shape index (κ1) is 16.0. The SMILES string of the molecule is Cc1cc(C(N)c2cnccc2C(F)(F)F)cc(C)c1Br. The Morgan fingerprint density at radius 1 is 1.19 bits per heavy atom. The Morgan fingerprint density at radius 3 is 2.29 bits per heavy atom. The number of aryl methyl sites for hydroxylation is 2.